The average molecular weight is 1160 g/mol. The number of hydrogen-bond donors (Lipinski definition) is 6. The van der Waals surface area contributed by atoms with Gasteiger partial charge in [0.1, 0.15) is 0 Å². The van der Waals surface area contributed by atoms with Gasteiger partial charge in [-0.1, -0.05) is 154 Å². The normalized spacial score (nSPS) is 11.3. The van der Waals surface area contributed by atoms with Crippen molar-refractivity contribution in [1.82, 2.24) is 20.9 Å². The first kappa shape index (κ1) is 82.3. The second-order valence-corrected chi connectivity index (χ2v) is 19.7. The van der Waals surface area contributed by atoms with Crippen molar-refractivity contribution >= 4 is 73.8 Å². The summed E-state index contributed by atoms with van der Waals surface area (Å²) in [6.07, 6.45) is 49.3. The van der Waals surface area contributed by atoms with Crippen LogP contribution >= 0.6 is 62.0 Å². The zero-order chi connectivity index (χ0) is 50.6. The van der Waals surface area contributed by atoms with Crippen LogP contribution < -0.4 is 42.6 Å². The minimum atomic E-state index is -0.330. The Hall–Kier alpha value is -1.51. The van der Waals surface area contributed by atoms with E-state index in [1.54, 1.807) is 0 Å². The quantitative estimate of drug-likeness (QED) is 0.0275. The number of unbranched alkanes of at least 4 members (excludes halogenated alkanes) is 24. The summed E-state index contributed by atoms with van der Waals surface area (Å²) < 4.78 is 12.6. The first-order valence-corrected chi connectivity index (χ1v) is 29.3. The molecule has 0 aliphatic rings. The lowest BCUT2D eigenvalue weighted by atomic mass is 10.1. The molecule has 1 unspecified atom stereocenters. The molecular weight excluding hydrogens is 1050 g/mol. The summed E-state index contributed by atoms with van der Waals surface area (Å²) in [4.78, 5) is 29.1. The number of nitrogens with zero attached hydrogens (tertiary/aromatic N) is 1. The predicted molar refractivity (Wildman–Crippen MR) is 336 cm³/mol. The number of amides is 2. The van der Waals surface area contributed by atoms with E-state index in [9.17, 15) is 9.59 Å². The molecule has 2 amide bonds. The van der Waals surface area contributed by atoms with Gasteiger partial charge < -0.3 is 47.5 Å². The molecule has 1 aromatic rings. The highest BCUT2D eigenvalue weighted by molar-refractivity contribution is 5.95. The summed E-state index contributed by atoms with van der Waals surface area (Å²) in [6.45, 7) is 11.7. The lowest BCUT2D eigenvalue weighted by Gasteiger charge is -2.24. The summed E-state index contributed by atoms with van der Waals surface area (Å²) in [7, 11) is 0. The van der Waals surface area contributed by atoms with Crippen molar-refractivity contribution in [2.24, 2.45) is 17.2 Å². The molecule has 0 aliphatic carbocycles. The van der Waals surface area contributed by atoms with E-state index >= 15 is 0 Å². The van der Waals surface area contributed by atoms with E-state index in [2.05, 4.69) is 59.0 Å². The molecule has 0 aromatic heterocycles. The van der Waals surface area contributed by atoms with Crippen molar-refractivity contribution in [3.63, 3.8) is 0 Å². The van der Waals surface area contributed by atoms with Crippen LogP contribution in [0.3, 0.4) is 0 Å². The zero-order valence-electron chi connectivity index (χ0n) is 47.6. The number of nitrogens with two attached hydrogens (primary N) is 3. The fraction of sp³-hybridized carbons (Fsp3) is 0.797. The summed E-state index contributed by atoms with van der Waals surface area (Å²) in [6, 6.07) is 5.17. The Morgan fingerprint density at radius 3 is 1.33 bits per heavy atom. The Balaban J connectivity index is -0.00000327. The monoisotopic (exact) mass is 1160 g/mol. The second-order valence-electron chi connectivity index (χ2n) is 19.7. The smallest absolute Gasteiger partial charge is 0.251 e. The molecular formula is C59H116Cl5N7O4. The van der Waals surface area contributed by atoms with Crippen LogP contribution in [0.15, 0.2) is 42.5 Å². The van der Waals surface area contributed by atoms with Crippen molar-refractivity contribution in [1.29, 1.82) is 0 Å². The molecule has 0 bridgehead atoms. The summed E-state index contributed by atoms with van der Waals surface area (Å²) in [5.41, 5.74) is 17.8. The third kappa shape index (κ3) is 51.7. The van der Waals surface area contributed by atoms with E-state index in [0.29, 0.717) is 76.0 Å². The molecule has 0 spiro atoms. The van der Waals surface area contributed by atoms with Crippen molar-refractivity contribution in [3.8, 4) is 11.5 Å². The number of halogens is 5. The molecule has 16 heteroatoms. The van der Waals surface area contributed by atoms with Gasteiger partial charge in [0.25, 0.3) is 5.91 Å². The topological polar surface area (TPSA) is 170 Å². The van der Waals surface area contributed by atoms with Crippen LogP contribution in [0.5, 0.6) is 11.5 Å². The van der Waals surface area contributed by atoms with E-state index in [1.165, 1.54) is 154 Å². The Morgan fingerprint density at radius 1 is 0.480 bits per heavy atom. The van der Waals surface area contributed by atoms with Crippen molar-refractivity contribution < 1.29 is 19.1 Å². The number of allylic oxidation sites excluding steroid dienone is 4. The van der Waals surface area contributed by atoms with Gasteiger partial charge in [0.05, 0.1) is 19.3 Å². The molecule has 0 saturated heterocycles. The Morgan fingerprint density at radius 2 is 0.880 bits per heavy atom. The maximum atomic E-state index is 13.4. The van der Waals surface area contributed by atoms with Crippen LogP contribution in [0.25, 0.3) is 0 Å². The van der Waals surface area contributed by atoms with Crippen LogP contribution in [-0.2, 0) is 4.79 Å². The number of nitrogens with one attached hydrogen (secondary N) is 3. The number of hydrogen-bond acceptors (Lipinski definition) is 9. The van der Waals surface area contributed by atoms with Crippen LogP contribution in [0.2, 0.25) is 0 Å². The fourth-order valence-corrected chi connectivity index (χ4v) is 8.72. The standard InChI is InChI=1S/C59H111N7O4.5ClH/c1-3-5-7-9-11-13-15-17-19-21-23-25-27-29-31-33-51-69-56-41-40-54(53-57(56)70-52-34-32-30-28-26-24-22-20-18-16-14-12-10-8-6-4-2)58(67)64-46-47-65-59(68)55(63-45-36-42-60)39-35-48-66(49-37-43-61)50-38-44-62;;;;;/h17-20,40-41,53,55,63H,3-16,21-39,42-52,60-62H2,1-2H3,(H,64,67)(H,65,68);5*1H. The maximum absolute atomic E-state index is 13.4. The number of carbonyl (C=O) groups is 2. The molecule has 0 radical (unpaired) electrons. The molecule has 9 N–H and O–H groups in total. The van der Waals surface area contributed by atoms with Gasteiger partial charge in [-0.05, 0) is 160 Å². The molecule has 446 valence electrons. The SMILES string of the molecule is CCCCCCCCC=CCCCCCCCCOc1ccc(C(=O)NCCNC(=O)C(CCCN(CCCN)CCCN)NCCCN)cc1OCCCCCCCCC=CCCCCCCCC.Cl.Cl.Cl.Cl.Cl. The summed E-state index contributed by atoms with van der Waals surface area (Å²) >= 11 is 0. The zero-order valence-corrected chi connectivity index (χ0v) is 51.7. The van der Waals surface area contributed by atoms with Crippen molar-refractivity contribution in [2.45, 2.75) is 232 Å². The molecule has 0 saturated carbocycles. The Bertz CT molecular complexity index is 1400. The second kappa shape index (κ2) is 65.0. The molecule has 1 rings (SSSR count). The van der Waals surface area contributed by atoms with Gasteiger partial charge >= 0.3 is 0 Å². The minimum absolute atomic E-state index is 0. The third-order valence-electron chi connectivity index (χ3n) is 13.2. The number of benzene rings is 1. The van der Waals surface area contributed by atoms with E-state index in [-0.39, 0.29) is 79.9 Å². The van der Waals surface area contributed by atoms with Gasteiger partial charge in [-0.25, -0.2) is 0 Å². The van der Waals surface area contributed by atoms with E-state index in [1.807, 2.05) is 18.2 Å². The van der Waals surface area contributed by atoms with Crippen LogP contribution in [0.4, 0.5) is 0 Å². The van der Waals surface area contributed by atoms with E-state index in [4.69, 9.17) is 26.7 Å². The Labute approximate surface area is 491 Å². The minimum Gasteiger partial charge on any atom is -0.490 e. The highest BCUT2D eigenvalue weighted by Gasteiger charge is 2.18. The van der Waals surface area contributed by atoms with Crippen molar-refractivity contribution in [2.75, 3.05) is 72.1 Å². The highest BCUT2D eigenvalue weighted by atomic mass is 35.5. The summed E-state index contributed by atoms with van der Waals surface area (Å²) in [5.74, 6) is 1.04. The van der Waals surface area contributed by atoms with Gasteiger partial charge in [0.2, 0.25) is 5.91 Å². The molecule has 0 fully saturated rings. The number of rotatable bonds is 53. The van der Waals surface area contributed by atoms with Gasteiger partial charge in [0, 0.05) is 18.7 Å². The third-order valence-corrected chi connectivity index (χ3v) is 13.2. The molecule has 11 nitrogen and oxygen atoms in total. The van der Waals surface area contributed by atoms with Gasteiger partial charge in [-0.2, -0.15) is 0 Å². The summed E-state index contributed by atoms with van der Waals surface area (Å²) in [5, 5.41) is 9.43. The molecule has 0 heterocycles. The molecule has 1 aromatic carbocycles. The highest BCUT2D eigenvalue weighted by Crippen LogP contribution is 2.29. The number of ether oxygens (including phenoxy) is 2. The van der Waals surface area contributed by atoms with Gasteiger partial charge in [-0.3, -0.25) is 9.59 Å². The van der Waals surface area contributed by atoms with Crippen molar-refractivity contribution in [3.05, 3.63) is 48.1 Å². The van der Waals surface area contributed by atoms with Crippen LogP contribution in [-0.4, -0.2) is 94.9 Å². The molecule has 0 aliphatic heterocycles. The van der Waals surface area contributed by atoms with E-state index in [0.717, 1.165) is 71.0 Å². The first-order valence-electron chi connectivity index (χ1n) is 29.3. The van der Waals surface area contributed by atoms with Gasteiger partial charge in [0.15, 0.2) is 11.5 Å². The lowest BCUT2D eigenvalue weighted by molar-refractivity contribution is -0.123. The van der Waals surface area contributed by atoms with Gasteiger partial charge in [-0.15, -0.1) is 62.0 Å². The van der Waals surface area contributed by atoms with E-state index < -0.39 is 0 Å². The fourth-order valence-electron chi connectivity index (χ4n) is 8.72. The van der Waals surface area contributed by atoms with Crippen LogP contribution in [0, 0.1) is 0 Å². The molecule has 1 atom stereocenters. The number of carbonyl (C=O) groups excluding carboxylic acids is 2. The largest absolute Gasteiger partial charge is 0.490 e. The maximum Gasteiger partial charge on any atom is 0.251 e. The average Bonchev–Trinajstić information content (AvgIpc) is 3.37. The van der Waals surface area contributed by atoms with Crippen LogP contribution in [0.1, 0.15) is 236 Å². The Kier molecular flexibility index (Phi) is 71.4. The lowest BCUT2D eigenvalue weighted by Crippen LogP contribution is -2.47. The molecule has 75 heavy (non-hydrogen) atoms. The predicted octanol–water partition coefficient (Wildman–Crippen LogP) is 14.6. The first-order chi connectivity index (χ1) is 34.5.